The van der Waals surface area contributed by atoms with Crippen LogP contribution >= 0.6 is 11.6 Å². The summed E-state index contributed by atoms with van der Waals surface area (Å²) in [6, 6.07) is 3.60. The number of hydrogen-bond acceptors (Lipinski definition) is 5. The first-order valence-corrected chi connectivity index (χ1v) is 8.15. The first kappa shape index (κ1) is 16.7. The van der Waals surface area contributed by atoms with Gasteiger partial charge < -0.3 is 15.4 Å². The van der Waals surface area contributed by atoms with E-state index in [2.05, 4.69) is 15.0 Å². The van der Waals surface area contributed by atoms with E-state index in [1.807, 2.05) is 24.6 Å². The maximum atomic E-state index is 11.2. The monoisotopic (exact) mass is 349 g/mol. The molecule has 128 valence electrons. The number of primary amides is 1. The molecule has 0 aliphatic carbocycles. The molecule has 3 heterocycles. The predicted octanol–water partition coefficient (Wildman–Crippen LogP) is 1.55. The van der Waals surface area contributed by atoms with Gasteiger partial charge in [0.2, 0.25) is 5.91 Å². The molecule has 1 amide bonds. The van der Waals surface area contributed by atoms with Gasteiger partial charge in [-0.3, -0.25) is 9.48 Å². The zero-order valence-corrected chi connectivity index (χ0v) is 14.5. The van der Waals surface area contributed by atoms with Crippen LogP contribution in [0.4, 0.5) is 5.82 Å². The number of hydrogen-bond donors (Lipinski definition) is 1. The Morgan fingerprint density at radius 3 is 2.88 bits per heavy atom. The number of rotatable bonds is 4. The molecule has 1 aliphatic rings. The van der Waals surface area contributed by atoms with Crippen molar-refractivity contribution in [2.45, 2.75) is 26.5 Å². The molecular formula is C16H20ClN5O2. The van der Waals surface area contributed by atoms with E-state index >= 15 is 0 Å². The van der Waals surface area contributed by atoms with Crippen molar-refractivity contribution in [2.24, 2.45) is 5.73 Å². The molecule has 8 heteroatoms. The highest BCUT2D eigenvalue weighted by Gasteiger charge is 2.24. The second-order valence-electron chi connectivity index (χ2n) is 5.94. The smallest absolute Gasteiger partial charge is 0.250 e. The number of carbonyl (C=O) groups excluding carboxylic acids is 1. The summed E-state index contributed by atoms with van der Waals surface area (Å²) in [6.07, 6.45) is 1.44. The number of halogens is 1. The zero-order chi connectivity index (χ0) is 17.3. The first-order valence-electron chi connectivity index (χ1n) is 7.77. The van der Waals surface area contributed by atoms with Crippen LogP contribution in [0.3, 0.4) is 0 Å². The van der Waals surface area contributed by atoms with Crippen LogP contribution in [0.2, 0.25) is 5.02 Å². The highest BCUT2D eigenvalue weighted by molar-refractivity contribution is 6.33. The van der Waals surface area contributed by atoms with Crippen LogP contribution < -0.4 is 10.6 Å². The molecule has 0 spiro atoms. The number of carbonyl (C=O) groups is 1. The maximum Gasteiger partial charge on any atom is 0.250 e. The highest BCUT2D eigenvalue weighted by atomic mass is 35.5. The van der Waals surface area contributed by atoms with Gasteiger partial charge in [0.25, 0.3) is 0 Å². The van der Waals surface area contributed by atoms with Crippen molar-refractivity contribution in [2.75, 3.05) is 24.6 Å². The maximum absolute atomic E-state index is 11.2. The van der Waals surface area contributed by atoms with Crippen molar-refractivity contribution < 1.29 is 9.53 Å². The topological polar surface area (TPSA) is 86.3 Å². The minimum absolute atomic E-state index is 0.00886. The molecule has 0 saturated carbocycles. The molecule has 1 saturated heterocycles. The van der Waals surface area contributed by atoms with Gasteiger partial charge in [-0.15, -0.1) is 0 Å². The average Bonchev–Trinajstić information content (AvgIpc) is 2.85. The fourth-order valence-corrected chi connectivity index (χ4v) is 3.16. The predicted molar refractivity (Wildman–Crippen MR) is 91.4 cm³/mol. The average molecular weight is 350 g/mol. The van der Waals surface area contributed by atoms with Gasteiger partial charge in [0.15, 0.2) is 0 Å². The molecule has 1 fully saturated rings. The van der Waals surface area contributed by atoms with Crippen LogP contribution in [-0.2, 0) is 11.3 Å². The number of ether oxygens (including phenoxy) is 1. The molecule has 1 atom stereocenters. The second kappa shape index (κ2) is 6.78. The van der Waals surface area contributed by atoms with Crippen LogP contribution in [0.15, 0.2) is 18.3 Å². The second-order valence-corrected chi connectivity index (χ2v) is 6.35. The normalized spacial score (nSPS) is 18.0. The molecule has 2 aromatic heterocycles. The lowest BCUT2D eigenvalue weighted by molar-refractivity contribution is 0.0267. The molecule has 0 radical (unpaired) electrons. The van der Waals surface area contributed by atoms with Crippen molar-refractivity contribution in [1.82, 2.24) is 14.8 Å². The van der Waals surface area contributed by atoms with Gasteiger partial charge in [-0.25, -0.2) is 4.98 Å². The lowest BCUT2D eigenvalue weighted by Crippen LogP contribution is -2.45. The van der Waals surface area contributed by atoms with Crippen molar-refractivity contribution >= 4 is 23.3 Å². The van der Waals surface area contributed by atoms with E-state index in [0.29, 0.717) is 42.6 Å². The Kier molecular flexibility index (Phi) is 4.73. The fraction of sp³-hybridized carbons (Fsp3) is 0.438. The third-order valence-electron chi connectivity index (χ3n) is 4.02. The van der Waals surface area contributed by atoms with E-state index in [-0.39, 0.29) is 6.10 Å². The number of pyridine rings is 1. The molecule has 24 heavy (non-hydrogen) atoms. The summed E-state index contributed by atoms with van der Waals surface area (Å²) in [5.74, 6) is 0.101. The third kappa shape index (κ3) is 3.52. The molecule has 0 bridgehead atoms. The molecule has 3 rings (SSSR count). The minimum atomic E-state index is -0.541. The van der Waals surface area contributed by atoms with Crippen LogP contribution in [-0.4, -0.2) is 46.5 Å². The number of nitrogens with two attached hydrogens (primary N) is 1. The Hall–Kier alpha value is -2.12. The number of nitrogens with zero attached hydrogens (tertiary/aromatic N) is 4. The lowest BCUT2D eigenvalue weighted by atomic mass is 10.2. The van der Waals surface area contributed by atoms with E-state index < -0.39 is 5.91 Å². The van der Waals surface area contributed by atoms with Crippen LogP contribution in [0.25, 0.3) is 0 Å². The number of amides is 1. The quantitative estimate of drug-likeness (QED) is 0.905. The highest BCUT2D eigenvalue weighted by Crippen LogP contribution is 2.26. The standard InChI is InChI=1S/C16H20ClN5O2/c1-10-5-11(2)22(20-10)9-13-8-21(3-4-24-13)16-14(17)6-12(7-19-16)15(18)23/h5-7,13H,3-4,8-9H2,1-2H3,(H2,18,23). The van der Waals surface area contributed by atoms with E-state index in [1.165, 1.54) is 6.20 Å². The lowest BCUT2D eigenvalue weighted by Gasteiger charge is -2.34. The van der Waals surface area contributed by atoms with Crippen molar-refractivity contribution in [3.05, 3.63) is 40.3 Å². The molecule has 7 nitrogen and oxygen atoms in total. The number of anilines is 1. The van der Waals surface area contributed by atoms with E-state index in [1.54, 1.807) is 6.07 Å². The Bertz CT molecular complexity index is 761. The summed E-state index contributed by atoms with van der Waals surface area (Å²) >= 11 is 6.27. The van der Waals surface area contributed by atoms with Gasteiger partial charge in [-0.1, -0.05) is 11.6 Å². The summed E-state index contributed by atoms with van der Waals surface area (Å²) in [7, 11) is 0. The molecule has 2 aromatic rings. The van der Waals surface area contributed by atoms with Crippen molar-refractivity contribution in [3.63, 3.8) is 0 Å². The van der Waals surface area contributed by atoms with Crippen LogP contribution in [0.5, 0.6) is 0 Å². The number of aromatic nitrogens is 3. The fourth-order valence-electron chi connectivity index (χ4n) is 2.87. The molecule has 2 N–H and O–H groups in total. The van der Waals surface area contributed by atoms with Gasteiger partial charge in [0.1, 0.15) is 5.82 Å². The first-order chi connectivity index (χ1) is 11.4. The summed E-state index contributed by atoms with van der Waals surface area (Å²) in [5, 5.41) is 4.89. The SMILES string of the molecule is Cc1cc(C)n(CC2CN(c3ncc(C(N)=O)cc3Cl)CCO2)n1. The Morgan fingerprint density at radius 2 is 2.25 bits per heavy atom. The third-order valence-corrected chi connectivity index (χ3v) is 4.30. The molecule has 0 aromatic carbocycles. The molecule has 1 aliphatic heterocycles. The molecule has 1 unspecified atom stereocenters. The molecular weight excluding hydrogens is 330 g/mol. The Labute approximate surface area is 145 Å². The Balaban J connectivity index is 1.73. The van der Waals surface area contributed by atoms with Gasteiger partial charge in [-0.2, -0.15) is 5.10 Å². The number of morpholine rings is 1. The summed E-state index contributed by atoms with van der Waals surface area (Å²) in [5.41, 5.74) is 7.66. The van der Waals surface area contributed by atoms with E-state index in [9.17, 15) is 4.79 Å². The van der Waals surface area contributed by atoms with Crippen molar-refractivity contribution in [3.8, 4) is 0 Å². The largest absolute Gasteiger partial charge is 0.373 e. The Morgan fingerprint density at radius 1 is 1.46 bits per heavy atom. The van der Waals surface area contributed by atoms with Gasteiger partial charge in [0.05, 0.1) is 35.5 Å². The van der Waals surface area contributed by atoms with Gasteiger partial charge in [0, 0.05) is 25.0 Å². The van der Waals surface area contributed by atoms with Crippen molar-refractivity contribution in [1.29, 1.82) is 0 Å². The van der Waals surface area contributed by atoms with E-state index in [0.717, 1.165) is 11.4 Å². The van der Waals surface area contributed by atoms with Crippen LogP contribution in [0, 0.1) is 13.8 Å². The summed E-state index contributed by atoms with van der Waals surface area (Å²) in [4.78, 5) is 17.6. The van der Waals surface area contributed by atoms with E-state index in [4.69, 9.17) is 22.1 Å². The summed E-state index contributed by atoms with van der Waals surface area (Å²) < 4.78 is 7.81. The van der Waals surface area contributed by atoms with Gasteiger partial charge >= 0.3 is 0 Å². The summed E-state index contributed by atoms with van der Waals surface area (Å²) in [6.45, 7) is 6.60. The zero-order valence-electron chi connectivity index (χ0n) is 13.7. The van der Waals surface area contributed by atoms with Crippen LogP contribution in [0.1, 0.15) is 21.7 Å². The van der Waals surface area contributed by atoms with Gasteiger partial charge in [-0.05, 0) is 26.0 Å². The number of aryl methyl sites for hydroxylation is 2. The minimum Gasteiger partial charge on any atom is -0.373 e.